The minimum atomic E-state index is 0.0403. The number of hydrogen-bond acceptors (Lipinski definition) is 2. The minimum Gasteiger partial charge on any atom is -0.369 e. The summed E-state index contributed by atoms with van der Waals surface area (Å²) in [7, 11) is 0. The fourth-order valence-corrected chi connectivity index (χ4v) is 2.49. The lowest BCUT2D eigenvalue weighted by molar-refractivity contribution is -0.0752. The Morgan fingerprint density at radius 1 is 1.31 bits per heavy atom. The van der Waals surface area contributed by atoms with Gasteiger partial charge in [-0.25, -0.2) is 0 Å². The van der Waals surface area contributed by atoms with Gasteiger partial charge in [-0.2, -0.15) is 0 Å². The molecule has 0 aromatic carbocycles. The highest BCUT2D eigenvalue weighted by molar-refractivity contribution is 4.93. The van der Waals surface area contributed by atoms with Crippen LogP contribution in [0.4, 0.5) is 0 Å². The van der Waals surface area contributed by atoms with E-state index in [-0.39, 0.29) is 11.2 Å². The molecule has 0 amide bonds. The molecule has 2 heteroatoms. The summed E-state index contributed by atoms with van der Waals surface area (Å²) in [4.78, 5) is 0. The SMILES string of the molecule is CC1(C)CC(CCCN)C(C)(C)O1. The standard InChI is InChI=1S/C11H23NO/c1-10(2)8-9(6-5-7-12)11(3,4)13-10/h9H,5-8,12H2,1-4H3. The zero-order valence-corrected chi connectivity index (χ0v) is 9.39. The van der Waals surface area contributed by atoms with Gasteiger partial charge in [-0.3, -0.25) is 0 Å². The lowest BCUT2D eigenvalue weighted by Gasteiger charge is -2.27. The third-order valence-corrected chi connectivity index (χ3v) is 3.02. The van der Waals surface area contributed by atoms with Gasteiger partial charge in [0.2, 0.25) is 0 Å². The van der Waals surface area contributed by atoms with Crippen molar-refractivity contribution in [3.8, 4) is 0 Å². The third kappa shape index (κ3) is 2.68. The van der Waals surface area contributed by atoms with Crippen molar-refractivity contribution >= 4 is 0 Å². The predicted octanol–water partition coefficient (Wildman–Crippen LogP) is 2.32. The van der Waals surface area contributed by atoms with Crippen LogP contribution in [0.2, 0.25) is 0 Å². The highest BCUT2D eigenvalue weighted by atomic mass is 16.5. The zero-order valence-electron chi connectivity index (χ0n) is 9.39. The first-order valence-corrected chi connectivity index (χ1v) is 5.28. The van der Waals surface area contributed by atoms with Crippen molar-refractivity contribution in [1.29, 1.82) is 0 Å². The Kier molecular flexibility index (Phi) is 3.03. The van der Waals surface area contributed by atoms with Gasteiger partial charge in [0.05, 0.1) is 11.2 Å². The van der Waals surface area contributed by atoms with Crippen molar-refractivity contribution in [2.24, 2.45) is 11.7 Å². The van der Waals surface area contributed by atoms with Gasteiger partial charge < -0.3 is 10.5 Å². The number of rotatable bonds is 3. The van der Waals surface area contributed by atoms with Crippen LogP contribution in [0.15, 0.2) is 0 Å². The monoisotopic (exact) mass is 185 g/mol. The van der Waals surface area contributed by atoms with Crippen molar-refractivity contribution in [2.75, 3.05) is 6.54 Å². The maximum atomic E-state index is 6.00. The molecule has 0 radical (unpaired) electrons. The Balaban J connectivity index is 2.54. The minimum absolute atomic E-state index is 0.0403. The molecular weight excluding hydrogens is 162 g/mol. The Labute approximate surface area is 81.8 Å². The number of hydrogen-bond donors (Lipinski definition) is 1. The van der Waals surface area contributed by atoms with E-state index in [4.69, 9.17) is 10.5 Å². The van der Waals surface area contributed by atoms with Crippen LogP contribution in [-0.2, 0) is 4.74 Å². The van der Waals surface area contributed by atoms with E-state index in [0.29, 0.717) is 5.92 Å². The van der Waals surface area contributed by atoms with Crippen molar-refractivity contribution in [3.05, 3.63) is 0 Å². The van der Waals surface area contributed by atoms with Crippen LogP contribution in [-0.4, -0.2) is 17.7 Å². The molecule has 13 heavy (non-hydrogen) atoms. The summed E-state index contributed by atoms with van der Waals surface area (Å²) in [6.07, 6.45) is 3.49. The van der Waals surface area contributed by atoms with Crippen molar-refractivity contribution in [2.45, 2.75) is 58.2 Å². The molecule has 78 valence electrons. The lowest BCUT2D eigenvalue weighted by Crippen LogP contribution is -2.29. The molecule has 1 unspecified atom stereocenters. The van der Waals surface area contributed by atoms with Crippen LogP contribution in [0.1, 0.15) is 47.0 Å². The molecule has 0 aliphatic carbocycles. The van der Waals surface area contributed by atoms with E-state index < -0.39 is 0 Å². The van der Waals surface area contributed by atoms with Crippen LogP contribution < -0.4 is 5.73 Å². The first-order valence-electron chi connectivity index (χ1n) is 5.28. The average Bonchev–Trinajstić information content (AvgIpc) is 2.14. The molecule has 1 rings (SSSR count). The van der Waals surface area contributed by atoms with Gasteiger partial charge in [0.1, 0.15) is 0 Å². The summed E-state index contributed by atoms with van der Waals surface area (Å²) in [6.45, 7) is 9.55. The van der Waals surface area contributed by atoms with E-state index in [1.165, 1.54) is 12.8 Å². The molecule has 1 atom stereocenters. The van der Waals surface area contributed by atoms with Gasteiger partial charge in [-0.15, -0.1) is 0 Å². The molecule has 0 aromatic rings. The molecular formula is C11H23NO. The quantitative estimate of drug-likeness (QED) is 0.732. The first kappa shape index (κ1) is 11.0. The molecule has 0 aromatic heterocycles. The van der Waals surface area contributed by atoms with Gasteiger partial charge in [0.15, 0.2) is 0 Å². The highest BCUT2D eigenvalue weighted by Gasteiger charge is 2.44. The van der Waals surface area contributed by atoms with Crippen LogP contribution in [0.3, 0.4) is 0 Å². The number of nitrogens with two attached hydrogens (primary N) is 1. The Morgan fingerprint density at radius 3 is 2.31 bits per heavy atom. The van der Waals surface area contributed by atoms with Crippen molar-refractivity contribution in [1.82, 2.24) is 0 Å². The van der Waals surface area contributed by atoms with Crippen LogP contribution in [0.5, 0.6) is 0 Å². The van der Waals surface area contributed by atoms with E-state index >= 15 is 0 Å². The second kappa shape index (κ2) is 3.58. The van der Waals surface area contributed by atoms with E-state index in [9.17, 15) is 0 Å². The molecule has 2 N–H and O–H groups in total. The molecule has 1 aliphatic heterocycles. The van der Waals surface area contributed by atoms with Crippen molar-refractivity contribution in [3.63, 3.8) is 0 Å². The fourth-order valence-electron chi connectivity index (χ4n) is 2.49. The molecule has 0 bridgehead atoms. The summed E-state index contributed by atoms with van der Waals surface area (Å²) < 4.78 is 6.00. The summed E-state index contributed by atoms with van der Waals surface area (Å²) in [5.41, 5.74) is 5.62. The number of ether oxygens (including phenoxy) is 1. The van der Waals surface area contributed by atoms with E-state index in [1.807, 2.05) is 0 Å². The molecule has 0 saturated carbocycles. The average molecular weight is 185 g/mol. The molecule has 0 spiro atoms. The maximum absolute atomic E-state index is 6.00. The van der Waals surface area contributed by atoms with Crippen LogP contribution in [0.25, 0.3) is 0 Å². The Morgan fingerprint density at radius 2 is 1.92 bits per heavy atom. The summed E-state index contributed by atoms with van der Waals surface area (Å²) in [6, 6.07) is 0. The predicted molar refractivity (Wildman–Crippen MR) is 55.6 cm³/mol. The summed E-state index contributed by atoms with van der Waals surface area (Å²) >= 11 is 0. The van der Waals surface area contributed by atoms with E-state index in [1.54, 1.807) is 0 Å². The normalized spacial score (nSPS) is 30.7. The molecule has 1 saturated heterocycles. The maximum Gasteiger partial charge on any atom is 0.0662 e. The van der Waals surface area contributed by atoms with E-state index in [0.717, 1.165) is 13.0 Å². The molecule has 1 aliphatic rings. The molecule has 1 fully saturated rings. The first-order chi connectivity index (χ1) is 5.87. The van der Waals surface area contributed by atoms with Crippen molar-refractivity contribution < 1.29 is 4.74 Å². The largest absolute Gasteiger partial charge is 0.369 e. The van der Waals surface area contributed by atoms with Gasteiger partial charge >= 0.3 is 0 Å². The van der Waals surface area contributed by atoms with E-state index in [2.05, 4.69) is 27.7 Å². The topological polar surface area (TPSA) is 35.2 Å². The van der Waals surface area contributed by atoms with Crippen LogP contribution >= 0.6 is 0 Å². The van der Waals surface area contributed by atoms with Gasteiger partial charge in [-0.1, -0.05) is 0 Å². The second-order valence-electron chi connectivity index (χ2n) is 5.30. The lowest BCUT2D eigenvalue weighted by atomic mass is 9.84. The smallest absolute Gasteiger partial charge is 0.0662 e. The second-order valence-corrected chi connectivity index (χ2v) is 5.30. The Bertz CT molecular complexity index is 175. The zero-order chi connectivity index (χ0) is 10.1. The summed E-state index contributed by atoms with van der Waals surface area (Å²) in [5, 5.41) is 0. The molecule has 1 heterocycles. The Hall–Kier alpha value is -0.0800. The summed E-state index contributed by atoms with van der Waals surface area (Å²) in [5.74, 6) is 0.672. The molecule has 2 nitrogen and oxygen atoms in total. The van der Waals surface area contributed by atoms with Gasteiger partial charge in [0, 0.05) is 0 Å². The van der Waals surface area contributed by atoms with Gasteiger partial charge in [-0.05, 0) is 59.4 Å². The van der Waals surface area contributed by atoms with Crippen LogP contribution in [0, 0.1) is 5.92 Å². The fraction of sp³-hybridized carbons (Fsp3) is 1.00. The highest BCUT2D eigenvalue weighted by Crippen LogP contribution is 2.43. The third-order valence-electron chi connectivity index (χ3n) is 3.02. The van der Waals surface area contributed by atoms with Gasteiger partial charge in [0.25, 0.3) is 0 Å².